The van der Waals surface area contributed by atoms with Gasteiger partial charge in [0.25, 0.3) is 0 Å². The molecule has 2 heterocycles. The maximum Gasteiger partial charge on any atom is 0.186 e. The number of hydrogen-bond donors (Lipinski definition) is 2. The molecule has 0 aliphatic heterocycles. The van der Waals surface area contributed by atoms with Crippen LogP contribution in [0.1, 0.15) is 27.5 Å². The number of rotatable bonds is 8. The minimum atomic E-state index is -0.442. The highest BCUT2D eigenvalue weighted by Gasteiger charge is 2.24. The Bertz CT molecular complexity index is 1420. The van der Waals surface area contributed by atoms with Crippen LogP contribution >= 0.6 is 11.6 Å². The van der Waals surface area contributed by atoms with Crippen molar-refractivity contribution in [1.29, 1.82) is 0 Å². The topological polar surface area (TPSA) is 62.7 Å². The van der Waals surface area contributed by atoms with Crippen molar-refractivity contribution in [3.05, 3.63) is 113 Å². The molecular formula is C28H25ClN4O. The third-order valence-electron chi connectivity index (χ3n) is 6.02. The summed E-state index contributed by atoms with van der Waals surface area (Å²) in [5.41, 5.74) is 5.62. The van der Waals surface area contributed by atoms with Crippen LogP contribution in [0.5, 0.6) is 0 Å². The van der Waals surface area contributed by atoms with Crippen LogP contribution in [0.2, 0.25) is 5.02 Å². The first kappa shape index (κ1) is 22.1. The molecule has 0 spiro atoms. The Labute approximate surface area is 203 Å². The van der Waals surface area contributed by atoms with Gasteiger partial charge in [-0.05, 0) is 35.7 Å². The van der Waals surface area contributed by atoms with Crippen molar-refractivity contribution in [2.75, 3.05) is 6.54 Å². The lowest BCUT2D eigenvalue weighted by Crippen LogP contribution is -2.30. The molecule has 1 atom stereocenters. The van der Waals surface area contributed by atoms with Crippen LogP contribution in [0.25, 0.3) is 22.2 Å². The van der Waals surface area contributed by atoms with E-state index in [0.29, 0.717) is 12.1 Å². The molecule has 0 aliphatic carbocycles. The molecule has 0 unspecified atom stereocenters. The zero-order valence-electron chi connectivity index (χ0n) is 18.8. The van der Waals surface area contributed by atoms with Crippen molar-refractivity contribution >= 4 is 28.3 Å². The van der Waals surface area contributed by atoms with Crippen LogP contribution in [0, 0.1) is 0 Å². The number of aryl methyl sites for hydroxylation is 1. The van der Waals surface area contributed by atoms with Crippen molar-refractivity contribution in [3.63, 3.8) is 0 Å². The maximum absolute atomic E-state index is 13.8. The monoisotopic (exact) mass is 468 g/mol. The van der Waals surface area contributed by atoms with Gasteiger partial charge in [0.2, 0.25) is 0 Å². The van der Waals surface area contributed by atoms with E-state index in [4.69, 9.17) is 11.6 Å². The van der Waals surface area contributed by atoms with E-state index in [9.17, 15) is 4.79 Å². The lowest BCUT2D eigenvalue weighted by atomic mass is 9.96. The summed E-state index contributed by atoms with van der Waals surface area (Å²) in [5.74, 6) is 0.0409. The molecule has 0 fully saturated rings. The molecule has 0 saturated carbocycles. The summed E-state index contributed by atoms with van der Waals surface area (Å²) in [4.78, 5) is 21.5. The number of nitrogens with one attached hydrogen (secondary N) is 2. The quantitative estimate of drug-likeness (QED) is 0.275. The van der Waals surface area contributed by atoms with Crippen molar-refractivity contribution in [3.8, 4) is 11.3 Å². The summed E-state index contributed by atoms with van der Waals surface area (Å²) in [5, 5.41) is 5.11. The number of benzene rings is 3. The third kappa shape index (κ3) is 4.67. The molecule has 0 radical (unpaired) electrons. The number of hydrogen-bond acceptors (Lipinski definition) is 3. The standard InChI is InChI=1S/C28H25ClN4O/c1-33-17-26(32-18-33)21-9-12-23-24(16-31-25(23)15-21)28(34)27(20-5-3-2-4-6-20)30-14-13-19-7-10-22(29)11-8-19/h2-12,15-18,27,30-31H,13-14H2,1H3/t27-/m1/s1. The molecule has 170 valence electrons. The molecule has 3 aromatic carbocycles. The zero-order chi connectivity index (χ0) is 23.5. The van der Waals surface area contributed by atoms with Crippen LogP contribution < -0.4 is 5.32 Å². The Morgan fingerprint density at radius 3 is 2.62 bits per heavy atom. The highest BCUT2D eigenvalue weighted by molar-refractivity contribution is 6.30. The number of aromatic amines is 1. The smallest absolute Gasteiger partial charge is 0.186 e. The van der Waals surface area contributed by atoms with Crippen molar-refractivity contribution in [1.82, 2.24) is 19.9 Å². The number of H-pyrrole nitrogens is 1. The van der Waals surface area contributed by atoms with Crippen molar-refractivity contribution in [2.24, 2.45) is 7.05 Å². The number of carbonyl (C=O) groups is 1. The van der Waals surface area contributed by atoms with Crippen molar-refractivity contribution < 1.29 is 4.79 Å². The Morgan fingerprint density at radius 1 is 1.09 bits per heavy atom. The first-order chi connectivity index (χ1) is 16.6. The number of fused-ring (bicyclic) bond motifs is 1. The second-order valence-electron chi connectivity index (χ2n) is 8.43. The molecule has 34 heavy (non-hydrogen) atoms. The van der Waals surface area contributed by atoms with Crippen LogP contribution in [-0.4, -0.2) is 26.9 Å². The van der Waals surface area contributed by atoms with Gasteiger partial charge in [0, 0.05) is 53.0 Å². The van der Waals surface area contributed by atoms with Crippen LogP contribution in [0.4, 0.5) is 0 Å². The van der Waals surface area contributed by atoms with Gasteiger partial charge in [0.15, 0.2) is 5.78 Å². The van der Waals surface area contributed by atoms with Gasteiger partial charge >= 0.3 is 0 Å². The second kappa shape index (κ2) is 9.67. The molecule has 5 aromatic rings. The summed E-state index contributed by atoms with van der Waals surface area (Å²) >= 11 is 6.00. The minimum Gasteiger partial charge on any atom is -0.360 e. The van der Waals surface area contributed by atoms with E-state index in [1.807, 2.05) is 96.8 Å². The number of ketones is 1. The molecule has 2 N–H and O–H groups in total. The molecular weight excluding hydrogens is 444 g/mol. The Hall–Kier alpha value is -3.67. The molecule has 5 rings (SSSR count). The molecule has 0 bridgehead atoms. The number of nitrogens with zero attached hydrogens (tertiary/aromatic N) is 2. The predicted octanol–water partition coefficient (Wildman–Crippen LogP) is 5.98. The first-order valence-electron chi connectivity index (χ1n) is 11.2. The predicted molar refractivity (Wildman–Crippen MR) is 137 cm³/mol. The largest absolute Gasteiger partial charge is 0.360 e. The highest BCUT2D eigenvalue weighted by atomic mass is 35.5. The van der Waals surface area contributed by atoms with E-state index in [1.165, 1.54) is 5.56 Å². The fourth-order valence-electron chi connectivity index (χ4n) is 4.23. The Balaban J connectivity index is 1.40. The summed E-state index contributed by atoms with van der Waals surface area (Å²) in [6.45, 7) is 0.666. The van der Waals surface area contributed by atoms with Gasteiger partial charge in [-0.3, -0.25) is 4.79 Å². The molecule has 6 heteroatoms. The minimum absolute atomic E-state index is 0.0409. The number of imidazole rings is 1. The SMILES string of the molecule is Cn1cnc(-c2ccc3c(C(=O)[C@H](NCCc4ccc(Cl)cc4)c4ccccc4)c[nH]c3c2)c1. The van der Waals surface area contributed by atoms with Gasteiger partial charge in [-0.1, -0.05) is 66.2 Å². The van der Waals surface area contributed by atoms with Gasteiger partial charge in [-0.15, -0.1) is 0 Å². The number of Topliss-reactive ketones (excluding diaryl/α,β-unsaturated/α-hetero) is 1. The second-order valence-corrected chi connectivity index (χ2v) is 8.86. The molecule has 2 aromatic heterocycles. The summed E-state index contributed by atoms with van der Waals surface area (Å²) in [6, 6.07) is 23.3. The fourth-order valence-corrected chi connectivity index (χ4v) is 4.35. The average Bonchev–Trinajstić information content (AvgIpc) is 3.49. The van der Waals surface area contributed by atoms with Gasteiger partial charge < -0.3 is 14.9 Å². The van der Waals surface area contributed by atoms with Crippen LogP contribution in [-0.2, 0) is 13.5 Å². The van der Waals surface area contributed by atoms with E-state index in [1.54, 1.807) is 6.33 Å². The van der Waals surface area contributed by atoms with Gasteiger partial charge in [-0.25, -0.2) is 4.98 Å². The lowest BCUT2D eigenvalue weighted by molar-refractivity contribution is 0.0945. The summed E-state index contributed by atoms with van der Waals surface area (Å²) in [6.07, 6.45) is 6.37. The van der Waals surface area contributed by atoms with Crippen LogP contribution in [0.15, 0.2) is 91.5 Å². The lowest BCUT2D eigenvalue weighted by Gasteiger charge is -2.18. The number of carbonyl (C=O) groups excluding carboxylic acids is 1. The maximum atomic E-state index is 13.8. The molecule has 5 nitrogen and oxygen atoms in total. The van der Waals surface area contributed by atoms with Crippen LogP contribution in [0.3, 0.4) is 0 Å². The highest BCUT2D eigenvalue weighted by Crippen LogP contribution is 2.28. The summed E-state index contributed by atoms with van der Waals surface area (Å²) in [7, 11) is 1.95. The fraction of sp³-hybridized carbons (Fsp3) is 0.143. The van der Waals surface area contributed by atoms with E-state index in [2.05, 4.69) is 15.3 Å². The molecule has 0 aliphatic rings. The number of aromatic nitrogens is 3. The van der Waals surface area contributed by atoms with E-state index < -0.39 is 6.04 Å². The normalized spacial score (nSPS) is 12.2. The van der Waals surface area contributed by atoms with E-state index in [-0.39, 0.29) is 5.78 Å². The van der Waals surface area contributed by atoms with E-state index >= 15 is 0 Å². The Morgan fingerprint density at radius 2 is 1.88 bits per heavy atom. The van der Waals surface area contributed by atoms with E-state index in [0.717, 1.165) is 39.2 Å². The Kier molecular flexibility index (Phi) is 6.30. The average molecular weight is 469 g/mol. The summed E-state index contributed by atoms with van der Waals surface area (Å²) < 4.78 is 1.92. The molecule has 0 amide bonds. The van der Waals surface area contributed by atoms with Crippen molar-refractivity contribution in [2.45, 2.75) is 12.5 Å². The van der Waals surface area contributed by atoms with Gasteiger partial charge in [0.1, 0.15) is 0 Å². The number of halogens is 1. The van der Waals surface area contributed by atoms with Gasteiger partial charge in [-0.2, -0.15) is 0 Å². The first-order valence-corrected chi connectivity index (χ1v) is 11.6. The third-order valence-corrected chi connectivity index (χ3v) is 6.27. The van der Waals surface area contributed by atoms with Gasteiger partial charge in [0.05, 0.1) is 18.1 Å². The zero-order valence-corrected chi connectivity index (χ0v) is 19.6. The molecule has 0 saturated heterocycles.